The molecular formula is C35H30FN5O3. The zero-order valence-corrected chi connectivity index (χ0v) is 23.6. The largest absolute Gasteiger partial charge is 0.367 e. The first-order chi connectivity index (χ1) is 23.3. The minimum absolute atomic E-state index is 0.0934. The molecule has 3 amide bonds. The van der Waals surface area contributed by atoms with Gasteiger partial charge in [0, 0.05) is 55.5 Å². The molecule has 0 bridgehead atoms. The number of nitrogens with zero attached hydrogens (tertiary/aromatic N) is 4. The van der Waals surface area contributed by atoms with Gasteiger partial charge in [0.25, 0.3) is 5.91 Å². The van der Waals surface area contributed by atoms with Gasteiger partial charge >= 0.3 is 0 Å². The molecule has 7 rings (SSSR count). The van der Waals surface area contributed by atoms with Gasteiger partial charge in [-0.05, 0) is 65.2 Å². The highest BCUT2D eigenvalue weighted by atomic mass is 19.1. The third kappa shape index (κ3) is 4.97. The molecule has 4 aromatic rings. The van der Waals surface area contributed by atoms with Crippen molar-refractivity contribution >= 4 is 39.9 Å². The number of amides is 3. The number of halogens is 1. The topological polar surface area (TPSA) is 96.8 Å². The van der Waals surface area contributed by atoms with E-state index in [1.54, 1.807) is 35.6 Å². The number of anilines is 2. The number of nitrogens with one attached hydrogen (secondary N) is 1. The van der Waals surface area contributed by atoms with Crippen molar-refractivity contribution in [3.8, 4) is 6.07 Å². The molecule has 2 fully saturated rings. The highest BCUT2D eigenvalue weighted by molar-refractivity contribution is 6.27. The van der Waals surface area contributed by atoms with Crippen molar-refractivity contribution in [2.45, 2.75) is 31.7 Å². The van der Waals surface area contributed by atoms with Gasteiger partial charge in [-0.15, -0.1) is 0 Å². The van der Waals surface area contributed by atoms with E-state index in [4.69, 9.17) is 12.1 Å². The lowest BCUT2D eigenvalue weighted by atomic mass is 9.95. The Bertz CT molecular complexity index is 2100. The summed E-state index contributed by atoms with van der Waals surface area (Å²) in [6, 6.07) is 19.8. The number of imide groups is 1. The van der Waals surface area contributed by atoms with Crippen LogP contribution in [0.15, 0.2) is 72.8 Å². The van der Waals surface area contributed by atoms with Gasteiger partial charge in [0.2, 0.25) is 11.8 Å². The Labute approximate surface area is 261 Å². The van der Waals surface area contributed by atoms with E-state index in [0.29, 0.717) is 46.4 Å². The Morgan fingerprint density at radius 3 is 2.45 bits per heavy atom. The minimum Gasteiger partial charge on any atom is -0.367 e. The predicted octanol–water partition coefficient (Wildman–Crippen LogP) is 4.53. The van der Waals surface area contributed by atoms with Crippen LogP contribution in [-0.4, -0.2) is 54.8 Å². The molecule has 0 radical (unpaired) electrons. The SMILES string of the molecule is [2H]C1([2H])C(=O)NC(=O)C([2H])(N2C(=O)c3cccc4c(Cc5ccc(CN6CCN(c7ccc(C#N)cc7F)CC6)cc5)ccc2c34)C1([2H])[2H]. The molecule has 1 unspecified atom stereocenters. The average Bonchev–Trinajstić information content (AvgIpc) is 3.38. The molecule has 8 nitrogen and oxygen atoms in total. The fraction of sp³-hybridized carbons (Fsp3) is 0.257. The second-order valence-corrected chi connectivity index (χ2v) is 11.0. The Morgan fingerprint density at radius 1 is 0.955 bits per heavy atom. The lowest BCUT2D eigenvalue weighted by Gasteiger charge is -2.36. The summed E-state index contributed by atoms with van der Waals surface area (Å²) in [6.07, 6.45) is -6.14. The van der Waals surface area contributed by atoms with Crippen molar-refractivity contribution in [1.82, 2.24) is 10.2 Å². The molecule has 3 aliphatic rings. The van der Waals surface area contributed by atoms with Crippen molar-refractivity contribution < 1.29 is 25.6 Å². The van der Waals surface area contributed by atoms with Gasteiger partial charge in [-0.25, -0.2) is 4.39 Å². The van der Waals surface area contributed by atoms with Crippen molar-refractivity contribution in [3.63, 3.8) is 0 Å². The number of hydrogen-bond acceptors (Lipinski definition) is 6. The molecule has 44 heavy (non-hydrogen) atoms. The third-order valence-electron chi connectivity index (χ3n) is 8.36. The van der Waals surface area contributed by atoms with Crippen molar-refractivity contribution in [3.05, 3.63) is 106 Å². The summed E-state index contributed by atoms with van der Waals surface area (Å²) >= 11 is 0. The summed E-state index contributed by atoms with van der Waals surface area (Å²) in [7, 11) is 0. The van der Waals surface area contributed by atoms with Crippen LogP contribution < -0.4 is 15.1 Å². The van der Waals surface area contributed by atoms with Gasteiger partial charge in [-0.3, -0.25) is 29.5 Å². The summed E-state index contributed by atoms with van der Waals surface area (Å²) in [5.74, 6) is -4.14. The monoisotopic (exact) mass is 592 g/mol. The third-order valence-corrected chi connectivity index (χ3v) is 8.36. The zero-order valence-electron chi connectivity index (χ0n) is 28.6. The maximum atomic E-state index is 14.5. The average molecular weight is 593 g/mol. The molecule has 0 spiro atoms. The second kappa shape index (κ2) is 11.2. The van der Waals surface area contributed by atoms with Gasteiger partial charge in [0.1, 0.15) is 11.8 Å². The second-order valence-electron chi connectivity index (χ2n) is 11.0. The molecule has 0 aromatic heterocycles. The fourth-order valence-corrected chi connectivity index (χ4v) is 6.16. The van der Waals surface area contributed by atoms with Crippen molar-refractivity contribution in [2.75, 3.05) is 36.0 Å². The molecule has 4 aromatic carbocycles. The van der Waals surface area contributed by atoms with E-state index in [-0.39, 0.29) is 11.3 Å². The zero-order chi connectivity index (χ0) is 34.9. The van der Waals surface area contributed by atoms with E-state index in [0.717, 1.165) is 36.3 Å². The van der Waals surface area contributed by atoms with Gasteiger partial charge in [-0.1, -0.05) is 42.5 Å². The molecule has 3 aliphatic heterocycles. The Morgan fingerprint density at radius 2 is 1.70 bits per heavy atom. The minimum atomic E-state index is -3.37. The van der Waals surface area contributed by atoms with Gasteiger partial charge in [-0.2, -0.15) is 5.26 Å². The Hall–Kier alpha value is -5.07. The molecule has 1 atom stereocenters. The number of carbonyl (C=O) groups is 3. The predicted molar refractivity (Wildman–Crippen MR) is 165 cm³/mol. The smallest absolute Gasteiger partial charge is 0.259 e. The molecule has 3 heterocycles. The number of piperazine rings is 1. The summed E-state index contributed by atoms with van der Waals surface area (Å²) in [5, 5.41) is 11.9. The molecule has 2 saturated heterocycles. The first kappa shape index (κ1) is 22.5. The number of hydrogen-bond donors (Lipinski definition) is 1. The number of rotatable bonds is 6. The summed E-state index contributed by atoms with van der Waals surface area (Å²) in [5.41, 5.74) is 4.01. The molecular weight excluding hydrogens is 557 g/mol. The van der Waals surface area contributed by atoms with Gasteiger partial charge < -0.3 is 4.90 Å². The van der Waals surface area contributed by atoms with E-state index >= 15 is 0 Å². The van der Waals surface area contributed by atoms with Crippen molar-refractivity contribution in [1.29, 1.82) is 5.26 Å². The molecule has 0 saturated carbocycles. The van der Waals surface area contributed by atoms with Crippen molar-refractivity contribution in [2.24, 2.45) is 0 Å². The van der Waals surface area contributed by atoms with E-state index in [1.165, 1.54) is 18.2 Å². The lowest BCUT2D eigenvalue weighted by molar-refractivity contribution is -0.134. The standard InChI is InChI=1S/C35H30FN5O3/c36-28-19-24(20-37)8-10-29(28)40-16-14-39(15-17-40)21-23-6-4-22(5-7-23)18-25-9-11-30-33-26(25)2-1-3-27(33)35(44)41(30)31-12-13-32(42)38-34(31)43/h1-11,19,31H,12-18,21H2,(H,38,42,43)/i12D2,13D2,31D. The van der Waals surface area contributed by atoms with E-state index < -0.39 is 42.3 Å². The van der Waals surface area contributed by atoms with Gasteiger partial charge in [0.15, 0.2) is 0 Å². The van der Waals surface area contributed by atoms with Gasteiger partial charge in [0.05, 0.1) is 24.4 Å². The number of carbonyl (C=O) groups excluding carboxylic acids is 3. The maximum Gasteiger partial charge on any atom is 0.259 e. The quantitative estimate of drug-likeness (QED) is 0.331. The van der Waals surface area contributed by atoms with Crippen LogP contribution in [0.3, 0.4) is 0 Å². The summed E-state index contributed by atoms with van der Waals surface area (Å²) in [4.78, 5) is 43.9. The van der Waals surface area contributed by atoms with Crippen LogP contribution in [-0.2, 0) is 22.6 Å². The van der Waals surface area contributed by atoms with Crippen LogP contribution in [0.4, 0.5) is 15.8 Å². The number of benzene rings is 4. The fourth-order valence-electron chi connectivity index (χ4n) is 6.16. The first-order valence-corrected chi connectivity index (χ1v) is 14.3. The first-order valence-electron chi connectivity index (χ1n) is 16.8. The molecule has 1 N–H and O–H groups in total. The van der Waals surface area contributed by atoms with Crippen LogP contribution in [0, 0.1) is 17.1 Å². The van der Waals surface area contributed by atoms with Crippen LogP contribution in [0.1, 0.15) is 52.2 Å². The lowest BCUT2D eigenvalue weighted by Crippen LogP contribution is -2.53. The highest BCUT2D eigenvalue weighted by Crippen LogP contribution is 2.41. The van der Waals surface area contributed by atoms with Crippen LogP contribution in [0.2, 0.25) is 0 Å². The van der Waals surface area contributed by atoms with E-state index in [9.17, 15) is 18.8 Å². The maximum absolute atomic E-state index is 14.5. The summed E-state index contributed by atoms with van der Waals surface area (Å²) < 4.78 is 56.5. The van der Waals surface area contributed by atoms with E-state index in [1.807, 2.05) is 23.1 Å². The van der Waals surface area contributed by atoms with Crippen LogP contribution >= 0.6 is 0 Å². The Balaban J connectivity index is 1.08. The number of nitriles is 1. The van der Waals surface area contributed by atoms with Crippen LogP contribution in [0.25, 0.3) is 10.8 Å². The Kier molecular flexibility index (Phi) is 5.72. The highest BCUT2D eigenvalue weighted by Gasteiger charge is 2.40. The molecule has 9 heteroatoms. The molecule has 220 valence electrons. The molecule has 0 aliphatic carbocycles. The normalized spacial score (nSPS) is 24.2. The number of piperidine rings is 1. The van der Waals surface area contributed by atoms with E-state index in [2.05, 4.69) is 17.0 Å². The van der Waals surface area contributed by atoms with Crippen LogP contribution in [0.5, 0.6) is 0 Å². The summed E-state index contributed by atoms with van der Waals surface area (Å²) in [6.45, 7) is 3.55.